The number of nitrogens with one attached hydrogen (secondary N) is 8. The van der Waals surface area contributed by atoms with Gasteiger partial charge in [-0.15, -0.1) is 0 Å². The molecule has 0 unspecified atom stereocenters. The van der Waals surface area contributed by atoms with Crippen molar-refractivity contribution in [1.82, 2.24) is 52.3 Å². The van der Waals surface area contributed by atoms with Crippen LogP contribution in [0.2, 0.25) is 0 Å². The topological polar surface area (TPSA) is 517 Å². The smallest absolute Gasteiger partial charge is 0.326 e. The Hall–Kier alpha value is -9.46. The van der Waals surface area contributed by atoms with Gasteiger partial charge in [0.2, 0.25) is 59.1 Å². The van der Waals surface area contributed by atoms with Crippen LogP contribution in [0.4, 0.5) is 0 Å². The molecule has 4 rings (SSSR count). The number of hydrogen-bond donors (Lipinski definition) is 15. The molecule has 0 radical (unpaired) electrons. The Morgan fingerprint density at radius 2 is 0.903 bits per heavy atom. The molecule has 10 amide bonds. The molecular weight excluding hydrogens is 1230 g/mol. The van der Waals surface area contributed by atoms with E-state index in [1.54, 1.807) is 13.8 Å². The molecule has 33 nitrogen and oxygen atoms in total. The van der Waals surface area contributed by atoms with Gasteiger partial charge in [0.25, 0.3) is 0 Å². The fraction of sp³-hybridized carbons (Fsp3) is 0.633. The van der Waals surface area contributed by atoms with E-state index in [9.17, 15) is 102 Å². The number of carbonyl (C=O) groups excluding carboxylic acids is 10. The lowest BCUT2D eigenvalue weighted by atomic mass is 9.83. The van der Waals surface area contributed by atoms with Crippen molar-refractivity contribution in [3.8, 4) is 5.75 Å². The van der Waals surface area contributed by atoms with E-state index in [-0.39, 0.29) is 57.4 Å². The fourth-order valence-corrected chi connectivity index (χ4v) is 11.2. The summed E-state index contributed by atoms with van der Waals surface area (Å²) in [6.45, 7) is 4.43. The largest absolute Gasteiger partial charge is 0.508 e. The van der Waals surface area contributed by atoms with E-state index < -0.39 is 231 Å². The molecule has 11 atom stereocenters. The van der Waals surface area contributed by atoms with Gasteiger partial charge < -0.3 is 88.1 Å². The number of carboxylic acids is 6. The number of aromatic hydroxyl groups is 1. The van der Waals surface area contributed by atoms with Crippen molar-refractivity contribution in [3.05, 3.63) is 29.8 Å². The Morgan fingerprint density at radius 3 is 1.42 bits per heavy atom. The van der Waals surface area contributed by atoms with Crippen LogP contribution < -0.4 is 42.5 Å². The van der Waals surface area contributed by atoms with Crippen LogP contribution >= 0.6 is 0 Å². The number of rotatable bonds is 38. The van der Waals surface area contributed by atoms with Gasteiger partial charge in [-0.3, -0.25) is 71.9 Å². The number of amides is 10. The summed E-state index contributed by atoms with van der Waals surface area (Å²) >= 11 is 0. The van der Waals surface area contributed by atoms with Crippen molar-refractivity contribution in [2.75, 3.05) is 13.1 Å². The molecule has 0 bridgehead atoms. The van der Waals surface area contributed by atoms with Gasteiger partial charge in [-0.25, -0.2) is 4.79 Å². The highest BCUT2D eigenvalue weighted by Crippen LogP contribution is 2.28. The maximum absolute atomic E-state index is 14.7. The molecule has 93 heavy (non-hydrogen) atoms. The van der Waals surface area contributed by atoms with Crippen molar-refractivity contribution in [3.63, 3.8) is 0 Å². The summed E-state index contributed by atoms with van der Waals surface area (Å²) in [5, 5.41) is 86.3. The average Bonchev–Trinajstić information content (AvgIpc) is 1.76. The van der Waals surface area contributed by atoms with Gasteiger partial charge in [-0.2, -0.15) is 0 Å². The zero-order chi connectivity index (χ0) is 69.2. The SMILES string of the molecule is CC[C@H](C)[C@H](NC(=O)[C@@H]1CCCN1C(=O)[C@H](CCC(=O)O)NC(=O)[C@H](Cc1ccc(O)cc1)NC(=O)CCC(=O)O)C(=O)N1CCC[C@H]1C(=O)N[C@@H](CCC(=O)O)C(=O)N[C@@H](CCC(=O)O)C(=O)N[C@@H](C)C(=O)N[C@H](C(=O)N[C@@H](CCC(=O)O)C(=O)O)C1CCCCC1. The second kappa shape index (κ2) is 37.2. The summed E-state index contributed by atoms with van der Waals surface area (Å²) in [5.74, 6) is -19.0. The second-order valence-corrected chi connectivity index (χ2v) is 23.6. The number of hydrogen-bond acceptors (Lipinski definition) is 17. The van der Waals surface area contributed by atoms with Gasteiger partial charge in [0.1, 0.15) is 66.2 Å². The number of carboxylic acid groups (broad SMARTS) is 6. The number of likely N-dealkylation sites (tertiary alicyclic amines) is 2. The number of aliphatic carboxylic acids is 6. The Morgan fingerprint density at radius 1 is 0.452 bits per heavy atom. The highest BCUT2D eigenvalue weighted by Gasteiger charge is 2.44. The van der Waals surface area contributed by atoms with Crippen molar-refractivity contribution in [2.45, 2.75) is 216 Å². The second-order valence-electron chi connectivity index (χ2n) is 23.6. The van der Waals surface area contributed by atoms with Crippen LogP contribution in [0.1, 0.15) is 155 Å². The molecule has 1 saturated carbocycles. The van der Waals surface area contributed by atoms with Crippen LogP contribution in [0, 0.1) is 11.8 Å². The summed E-state index contributed by atoms with van der Waals surface area (Å²) in [6, 6.07) is -9.46. The number of benzene rings is 1. The minimum Gasteiger partial charge on any atom is -0.508 e. The van der Waals surface area contributed by atoms with E-state index >= 15 is 0 Å². The van der Waals surface area contributed by atoms with Crippen LogP contribution in [-0.2, 0) is 83.1 Å². The van der Waals surface area contributed by atoms with Crippen LogP contribution in [0.15, 0.2) is 24.3 Å². The summed E-state index contributed by atoms with van der Waals surface area (Å²) in [4.78, 5) is 212. The van der Waals surface area contributed by atoms with E-state index in [0.717, 1.165) is 16.2 Å². The lowest BCUT2D eigenvalue weighted by Crippen LogP contribution is -2.61. The molecule has 33 heteroatoms. The summed E-state index contributed by atoms with van der Waals surface area (Å²) in [7, 11) is 0. The minimum atomic E-state index is -1.76. The van der Waals surface area contributed by atoms with Crippen molar-refractivity contribution < 1.29 is 112 Å². The van der Waals surface area contributed by atoms with Gasteiger partial charge in [-0.1, -0.05) is 51.7 Å². The van der Waals surface area contributed by atoms with Crippen molar-refractivity contribution in [2.24, 2.45) is 11.8 Å². The normalized spacial score (nSPS) is 18.4. The molecule has 1 aliphatic carbocycles. The summed E-state index contributed by atoms with van der Waals surface area (Å²) < 4.78 is 0. The highest BCUT2D eigenvalue weighted by atomic mass is 16.4. The number of phenols is 1. The standard InChI is InChI=1S/C60H86N10O23/c1-4-31(2)49(67-56(88)42-13-8-28-69(42)58(90)38(20-25-46(77)78)65-54(86)40(62-43(72)22-27-48(81)82)30-33-14-16-35(71)17-15-33)59(91)70-29-9-12-41(70)55(87)64-37(19-24-45(75)76)53(85)63-36(18-23-44(73)74)52(84)61-32(3)51(83)68-50(34-10-6-5-7-11-34)57(89)66-39(60(92)93)21-26-47(79)80/h14-17,31-32,34,36-42,49-50,71H,4-13,18-30H2,1-3H3,(H,61,84)(H,62,72)(H,63,85)(H,64,87)(H,65,86)(H,66,89)(H,67,88)(H,68,83)(H,73,74)(H,75,76)(H,77,78)(H,79,80)(H,81,82)(H,92,93)/t31-,32-,36-,37-,38-,39-,40-,41-,42-,49-,50-/m0/s1. The monoisotopic (exact) mass is 1310 g/mol. The van der Waals surface area contributed by atoms with Crippen LogP contribution in [-0.4, -0.2) is 214 Å². The fourth-order valence-electron chi connectivity index (χ4n) is 11.2. The van der Waals surface area contributed by atoms with Crippen LogP contribution in [0.3, 0.4) is 0 Å². The third-order valence-electron chi connectivity index (χ3n) is 16.6. The maximum atomic E-state index is 14.7. The quantitative estimate of drug-likeness (QED) is 0.0372. The van der Waals surface area contributed by atoms with Crippen LogP contribution in [0.25, 0.3) is 0 Å². The molecule has 1 aromatic rings. The number of nitrogens with zero attached hydrogens (tertiary/aromatic N) is 2. The predicted octanol–water partition coefficient (Wildman–Crippen LogP) is -1.15. The van der Waals surface area contributed by atoms with E-state index in [0.29, 0.717) is 31.2 Å². The lowest BCUT2D eigenvalue weighted by molar-refractivity contribution is -0.146. The first-order valence-electron chi connectivity index (χ1n) is 31.0. The zero-order valence-corrected chi connectivity index (χ0v) is 52.1. The Bertz CT molecular complexity index is 2900. The van der Waals surface area contributed by atoms with Gasteiger partial charge in [0.15, 0.2) is 0 Å². The predicted molar refractivity (Wildman–Crippen MR) is 320 cm³/mol. The number of phenolic OH excluding ortho intramolecular Hbond substituents is 1. The van der Waals surface area contributed by atoms with Gasteiger partial charge in [-0.05, 0) is 101 Å². The van der Waals surface area contributed by atoms with E-state index in [4.69, 9.17) is 10.2 Å². The minimum absolute atomic E-state index is 0.0000947. The van der Waals surface area contributed by atoms with Gasteiger partial charge >= 0.3 is 35.8 Å². The average molecular weight is 1320 g/mol. The summed E-state index contributed by atoms with van der Waals surface area (Å²) in [6.07, 6.45) is -2.37. The molecule has 514 valence electrons. The molecular formula is C60H86N10O23. The Balaban J connectivity index is 1.52. The molecule has 3 fully saturated rings. The highest BCUT2D eigenvalue weighted by molar-refractivity contribution is 5.99. The molecule has 3 aliphatic rings. The maximum Gasteiger partial charge on any atom is 0.326 e. The van der Waals surface area contributed by atoms with Crippen molar-refractivity contribution >= 4 is 94.9 Å². The van der Waals surface area contributed by atoms with E-state index in [1.165, 1.54) is 31.2 Å². The van der Waals surface area contributed by atoms with Gasteiger partial charge in [0.05, 0.1) is 6.42 Å². The first kappa shape index (κ1) is 76.0. The van der Waals surface area contributed by atoms with Gasteiger partial charge in [0, 0.05) is 51.6 Å². The lowest BCUT2D eigenvalue weighted by Gasteiger charge is -2.34. The van der Waals surface area contributed by atoms with Crippen molar-refractivity contribution in [1.29, 1.82) is 0 Å². The summed E-state index contributed by atoms with van der Waals surface area (Å²) in [5.41, 5.74) is 0.426. The molecule has 1 aromatic carbocycles. The molecule has 0 aromatic heterocycles. The Kier molecular flexibility index (Phi) is 30.4. The molecule has 15 N–H and O–H groups in total. The molecule has 0 spiro atoms. The molecule has 2 saturated heterocycles. The third kappa shape index (κ3) is 24.6. The van der Waals surface area contributed by atoms with E-state index in [2.05, 4.69) is 42.5 Å². The molecule has 2 aliphatic heterocycles. The number of carbonyl (C=O) groups is 16. The van der Waals surface area contributed by atoms with Crippen LogP contribution in [0.5, 0.6) is 5.75 Å². The zero-order valence-electron chi connectivity index (χ0n) is 52.1. The third-order valence-corrected chi connectivity index (χ3v) is 16.6. The molecule has 2 heterocycles. The Labute approximate surface area is 534 Å². The first-order valence-corrected chi connectivity index (χ1v) is 31.0. The first-order chi connectivity index (χ1) is 43.9. The van der Waals surface area contributed by atoms with E-state index in [1.807, 2.05) is 0 Å².